The number of nitrogens with zero attached hydrogens (tertiary/aromatic N) is 1. The van der Waals surface area contributed by atoms with Crippen LogP contribution < -0.4 is 9.64 Å². The highest BCUT2D eigenvalue weighted by atomic mass is 19.4. The lowest BCUT2D eigenvalue weighted by molar-refractivity contribution is -0.170. The number of alkyl halides is 3. The molecule has 0 aliphatic carbocycles. The molecule has 0 aliphatic heterocycles. The highest BCUT2D eigenvalue weighted by Crippen LogP contribution is 2.28. The standard InChI is InChI=1S/C12H14F3NO2/c1-8(2)16(11(17)12(13,14)15)9-5-4-6-10(7-9)18-3/h4-8H,1-3H3. The molecule has 18 heavy (non-hydrogen) atoms. The largest absolute Gasteiger partial charge is 0.497 e. The molecule has 0 saturated carbocycles. The number of carbonyl (C=O) groups is 1. The van der Waals surface area contributed by atoms with Crippen molar-refractivity contribution in [1.29, 1.82) is 0 Å². The van der Waals surface area contributed by atoms with Gasteiger partial charge in [-0.2, -0.15) is 13.2 Å². The van der Waals surface area contributed by atoms with Crippen molar-refractivity contribution in [3.63, 3.8) is 0 Å². The second-order valence-electron chi connectivity index (χ2n) is 3.97. The van der Waals surface area contributed by atoms with Crippen LogP contribution in [-0.4, -0.2) is 25.2 Å². The number of amides is 1. The van der Waals surface area contributed by atoms with Gasteiger partial charge >= 0.3 is 12.1 Å². The molecular formula is C12H14F3NO2. The minimum absolute atomic E-state index is 0.159. The van der Waals surface area contributed by atoms with Crippen molar-refractivity contribution in [3.05, 3.63) is 24.3 Å². The van der Waals surface area contributed by atoms with Gasteiger partial charge < -0.3 is 9.64 Å². The average Bonchev–Trinajstić information content (AvgIpc) is 2.27. The zero-order valence-corrected chi connectivity index (χ0v) is 10.3. The van der Waals surface area contributed by atoms with Gasteiger partial charge in [0.25, 0.3) is 0 Å². The smallest absolute Gasteiger partial charge is 0.471 e. The minimum Gasteiger partial charge on any atom is -0.497 e. The lowest BCUT2D eigenvalue weighted by Gasteiger charge is -2.27. The molecule has 0 saturated heterocycles. The third kappa shape index (κ3) is 3.15. The van der Waals surface area contributed by atoms with E-state index in [1.165, 1.54) is 39.2 Å². The second-order valence-corrected chi connectivity index (χ2v) is 3.97. The van der Waals surface area contributed by atoms with Crippen molar-refractivity contribution >= 4 is 11.6 Å². The van der Waals surface area contributed by atoms with E-state index in [4.69, 9.17) is 4.74 Å². The molecule has 1 aromatic carbocycles. The molecule has 0 fully saturated rings. The summed E-state index contributed by atoms with van der Waals surface area (Å²) in [4.78, 5) is 12.1. The van der Waals surface area contributed by atoms with Gasteiger partial charge in [0.1, 0.15) is 5.75 Å². The van der Waals surface area contributed by atoms with Crippen LogP contribution in [0.25, 0.3) is 0 Å². The van der Waals surface area contributed by atoms with Crippen LogP contribution in [0, 0.1) is 0 Å². The van der Waals surface area contributed by atoms with Crippen molar-refractivity contribution in [2.24, 2.45) is 0 Å². The van der Waals surface area contributed by atoms with E-state index in [2.05, 4.69) is 0 Å². The number of anilines is 1. The van der Waals surface area contributed by atoms with Crippen LogP contribution >= 0.6 is 0 Å². The Bertz CT molecular complexity index is 430. The van der Waals surface area contributed by atoms with Crippen molar-refractivity contribution < 1.29 is 22.7 Å². The van der Waals surface area contributed by atoms with Crippen LogP contribution in [0.2, 0.25) is 0 Å². The zero-order valence-electron chi connectivity index (χ0n) is 10.3. The zero-order chi connectivity index (χ0) is 13.9. The molecule has 0 aliphatic rings. The Hall–Kier alpha value is -1.72. The molecule has 0 radical (unpaired) electrons. The molecule has 0 atom stereocenters. The summed E-state index contributed by atoms with van der Waals surface area (Å²) in [5.41, 5.74) is 0.159. The maximum atomic E-state index is 12.5. The highest BCUT2D eigenvalue weighted by molar-refractivity contribution is 5.97. The summed E-state index contributed by atoms with van der Waals surface area (Å²) in [6.45, 7) is 3.03. The fourth-order valence-electron chi connectivity index (χ4n) is 1.55. The molecular weight excluding hydrogens is 247 g/mol. The Morgan fingerprint density at radius 1 is 1.33 bits per heavy atom. The summed E-state index contributed by atoms with van der Waals surface area (Å²) in [5.74, 6) is -1.49. The molecule has 0 bridgehead atoms. The predicted molar refractivity (Wildman–Crippen MR) is 61.7 cm³/mol. The normalized spacial score (nSPS) is 11.5. The number of halogens is 3. The molecule has 6 heteroatoms. The van der Waals surface area contributed by atoms with Gasteiger partial charge in [-0.05, 0) is 26.0 Å². The SMILES string of the molecule is COc1cccc(N(C(=O)C(F)(F)F)C(C)C)c1. The van der Waals surface area contributed by atoms with Gasteiger partial charge in [0, 0.05) is 17.8 Å². The number of benzene rings is 1. The van der Waals surface area contributed by atoms with E-state index in [0.717, 1.165) is 0 Å². The Morgan fingerprint density at radius 2 is 1.94 bits per heavy atom. The van der Waals surface area contributed by atoms with Crippen molar-refractivity contribution in [2.45, 2.75) is 26.1 Å². The average molecular weight is 261 g/mol. The summed E-state index contributed by atoms with van der Waals surface area (Å²) in [7, 11) is 1.41. The molecule has 3 nitrogen and oxygen atoms in total. The fraction of sp³-hybridized carbons (Fsp3) is 0.417. The summed E-state index contributed by atoms with van der Waals surface area (Å²) in [6, 6.07) is 5.36. The van der Waals surface area contributed by atoms with Gasteiger partial charge in [-0.3, -0.25) is 4.79 Å². The third-order valence-corrected chi connectivity index (χ3v) is 2.31. The number of rotatable bonds is 3. The Balaban J connectivity index is 3.16. The van der Waals surface area contributed by atoms with Crippen LogP contribution in [0.5, 0.6) is 5.75 Å². The molecule has 0 aromatic heterocycles. The first-order valence-corrected chi connectivity index (χ1v) is 5.31. The third-order valence-electron chi connectivity index (χ3n) is 2.31. The molecule has 0 unspecified atom stereocenters. The topological polar surface area (TPSA) is 29.5 Å². The van der Waals surface area contributed by atoms with E-state index in [1.54, 1.807) is 6.07 Å². The Morgan fingerprint density at radius 3 is 2.39 bits per heavy atom. The fourth-order valence-corrected chi connectivity index (χ4v) is 1.55. The number of hydrogen-bond donors (Lipinski definition) is 0. The number of ether oxygens (including phenoxy) is 1. The van der Waals surface area contributed by atoms with E-state index >= 15 is 0 Å². The van der Waals surface area contributed by atoms with Crippen LogP contribution in [0.4, 0.5) is 18.9 Å². The molecule has 1 amide bonds. The van der Waals surface area contributed by atoms with Crippen LogP contribution in [0.1, 0.15) is 13.8 Å². The van der Waals surface area contributed by atoms with Crippen molar-refractivity contribution in [1.82, 2.24) is 0 Å². The van der Waals surface area contributed by atoms with Crippen LogP contribution in [-0.2, 0) is 4.79 Å². The Kier molecular flexibility index (Phi) is 4.21. The quantitative estimate of drug-likeness (QED) is 0.837. The number of hydrogen-bond acceptors (Lipinski definition) is 2. The molecule has 100 valence electrons. The summed E-state index contributed by atoms with van der Waals surface area (Å²) < 4.78 is 42.4. The molecule has 1 rings (SSSR count). The van der Waals surface area contributed by atoms with Crippen molar-refractivity contribution in [3.8, 4) is 5.75 Å². The first-order valence-electron chi connectivity index (χ1n) is 5.31. The summed E-state index contributed by atoms with van der Waals surface area (Å²) in [6.07, 6.45) is -4.90. The first kappa shape index (κ1) is 14.3. The molecule has 0 heterocycles. The van der Waals surface area contributed by atoms with Crippen LogP contribution in [0.15, 0.2) is 24.3 Å². The molecule has 1 aromatic rings. The first-order chi connectivity index (χ1) is 8.27. The Labute approximate surface area is 103 Å². The highest BCUT2D eigenvalue weighted by Gasteiger charge is 2.43. The van der Waals surface area contributed by atoms with E-state index in [0.29, 0.717) is 10.6 Å². The van der Waals surface area contributed by atoms with Crippen molar-refractivity contribution in [2.75, 3.05) is 12.0 Å². The summed E-state index contributed by atoms with van der Waals surface area (Å²) >= 11 is 0. The van der Waals surface area contributed by atoms with E-state index in [-0.39, 0.29) is 5.69 Å². The van der Waals surface area contributed by atoms with Gasteiger partial charge in [-0.15, -0.1) is 0 Å². The lowest BCUT2D eigenvalue weighted by atomic mass is 10.2. The van der Waals surface area contributed by atoms with Gasteiger partial charge in [-0.25, -0.2) is 0 Å². The van der Waals surface area contributed by atoms with Crippen LogP contribution in [0.3, 0.4) is 0 Å². The summed E-state index contributed by atoms with van der Waals surface area (Å²) in [5, 5.41) is 0. The maximum absolute atomic E-state index is 12.5. The minimum atomic E-state index is -4.90. The van der Waals surface area contributed by atoms with Gasteiger partial charge in [0.15, 0.2) is 0 Å². The maximum Gasteiger partial charge on any atom is 0.471 e. The second kappa shape index (κ2) is 5.29. The monoisotopic (exact) mass is 261 g/mol. The van der Waals surface area contributed by atoms with E-state index in [9.17, 15) is 18.0 Å². The lowest BCUT2D eigenvalue weighted by Crippen LogP contribution is -2.45. The van der Waals surface area contributed by atoms with E-state index in [1.807, 2.05) is 0 Å². The molecule has 0 N–H and O–H groups in total. The molecule has 0 spiro atoms. The van der Waals surface area contributed by atoms with Gasteiger partial charge in [0.2, 0.25) is 0 Å². The van der Waals surface area contributed by atoms with Gasteiger partial charge in [0.05, 0.1) is 7.11 Å². The van der Waals surface area contributed by atoms with Gasteiger partial charge in [-0.1, -0.05) is 6.07 Å². The predicted octanol–water partition coefficient (Wildman–Crippen LogP) is 3.00. The van der Waals surface area contributed by atoms with E-state index < -0.39 is 18.1 Å². The number of methoxy groups -OCH3 is 1. The number of carbonyl (C=O) groups excluding carboxylic acids is 1.